The standard InChI is InChI=1S/C17H26N2/c1-2-19(12-14-4-3-5-14)13-15-6-7-16-8-9-18-11-17(16)10-15/h6-7,10,14,18H,2-5,8-9,11-13H2,1H3. The number of nitrogens with zero attached hydrogens (tertiary/aromatic N) is 1. The number of fused-ring (bicyclic) bond motifs is 1. The summed E-state index contributed by atoms with van der Waals surface area (Å²) in [5.41, 5.74) is 4.55. The molecular formula is C17H26N2. The van der Waals surface area contributed by atoms with Gasteiger partial charge in [0.15, 0.2) is 0 Å². The zero-order valence-electron chi connectivity index (χ0n) is 12.1. The Morgan fingerprint density at radius 3 is 2.89 bits per heavy atom. The van der Waals surface area contributed by atoms with E-state index in [9.17, 15) is 0 Å². The van der Waals surface area contributed by atoms with Crippen molar-refractivity contribution >= 4 is 0 Å². The first kappa shape index (κ1) is 13.1. The van der Waals surface area contributed by atoms with Crippen LogP contribution >= 0.6 is 0 Å². The monoisotopic (exact) mass is 258 g/mol. The molecule has 1 aromatic carbocycles. The molecule has 2 aliphatic rings. The third-order valence-electron chi connectivity index (χ3n) is 4.75. The van der Waals surface area contributed by atoms with E-state index in [2.05, 4.69) is 35.3 Å². The quantitative estimate of drug-likeness (QED) is 0.873. The van der Waals surface area contributed by atoms with Gasteiger partial charge in [-0.05, 0) is 55.0 Å². The van der Waals surface area contributed by atoms with Crippen molar-refractivity contribution in [2.75, 3.05) is 19.6 Å². The van der Waals surface area contributed by atoms with Gasteiger partial charge in [-0.1, -0.05) is 31.5 Å². The van der Waals surface area contributed by atoms with E-state index in [-0.39, 0.29) is 0 Å². The highest BCUT2D eigenvalue weighted by molar-refractivity contribution is 5.33. The van der Waals surface area contributed by atoms with Gasteiger partial charge in [-0.3, -0.25) is 4.90 Å². The fourth-order valence-electron chi connectivity index (χ4n) is 3.24. The van der Waals surface area contributed by atoms with Crippen LogP contribution in [0.2, 0.25) is 0 Å². The van der Waals surface area contributed by atoms with Gasteiger partial charge in [-0.2, -0.15) is 0 Å². The van der Waals surface area contributed by atoms with Crippen LogP contribution in [0.15, 0.2) is 18.2 Å². The molecule has 0 unspecified atom stereocenters. The average molecular weight is 258 g/mol. The Kier molecular flexibility index (Phi) is 4.19. The minimum absolute atomic E-state index is 0.972. The van der Waals surface area contributed by atoms with Crippen LogP contribution in [0.25, 0.3) is 0 Å². The van der Waals surface area contributed by atoms with Gasteiger partial charge in [0.05, 0.1) is 0 Å². The summed E-state index contributed by atoms with van der Waals surface area (Å²) in [6, 6.07) is 7.11. The second-order valence-electron chi connectivity index (χ2n) is 6.15. The van der Waals surface area contributed by atoms with Crippen LogP contribution in [0.3, 0.4) is 0 Å². The van der Waals surface area contributed by atoms with Crippen molar-refractivity contribution in [3.8, 4) is 0 Å². The molecule has 1 N–H and O–H groups in total. The first-order chi connectivity index (χ1) is 9.35. The number of rotatable bonds is 5. The molecule has 2 heteroatoms. The van der Waals surface area contributed by atoms with Crippen LogP contribution in [0.4, 0.5) is 0 Å². The average Bonchev–Trinajstić information content (AvgIpc) is 2.41. The lowest BCUT2D eigenvalue weighted by Crippen LogP contribution is -2.32. The molecule has 0 aromatic heterocycles. The molecule has 0 amide bonds. The number of hydrogen-bond donors (Lipinski definition) is 1. The topological polar surface area (TPSA) is 15.3 Å². The maximum atomic E-state index is 3.47. The minimum atomic E-state index is 0.972. The fourth-order valence-corrected chi connectivity index (χ4v) is 3.24. The zero-order valence-corrected chi connectivity index (χ0v) is 12.1. The Morgan fingerprint density at radius 1 is 1.26 bits per heavy atom. The van der Waals surface area contributed by atoms with Crippen LogP contribution in [-0.4, -0.2) is 24.5 Å². The maximum Gasteiger partial charge on any atom is 0.0233 e. The number of nitrogens with one attached hydrogen (secondary N) is 1. The van der Waals surface area contributed by atoms with Crippen LogP contribution in [0.1, 0.15) is 42.9 Å². The lowest BCUT2D eigenvalue weighted by molar-refractivity contribution is 0.178. The van der Waals surface area contributed by atoms with Gasteiger partial charge in [-0.15, -0.1) is 0 Å². The molecule has 2 nitrogen and oxygen atoms in total. The van der Waals surface area contributed by atoms with Gasteiger partial charge in [0, 0.05) is 19.6 Å². The van der Waals surface area contributed by atoms with E-state index in [4.69, 9.17) is 0 Å². The molecule has 1 saturated carbocycles. The van der Waals surface area contributed by atoms with Crippen molar-refractivity contribution in [3.05, 3.63) is 34.9 Å². The predicted molar refractivity (Wildman–Crippen MR) is 80.1 cm³/mol. The summed E-state index contributed by atoms with van der Waals surface area (Å²) in [7, 11) is 0. The normalized spacial score (nSPS) is 19.3. The Balaban J connectivity index is 1.63. The van der Waals surface area contributed by atoms with Crippen LogP contribution in [-0.2, 0) is 19.5 Å². The second-order valence-corrected chi connectivity index (χ2v) is 6.15. The SMILES string of the molecule is CCN(Cc1ccc2c(c1)CNCC2)CC1CCC1. The molecule has 0 atom stereocenters. The Bertz CT molecular complexity index is 423. The highest BCUT2D eigenvalue weighted by Crippen LogP contribution is 2.27. The highest BCUT2D eigenvalue weighted by Gasteiger charge is 2.20. The minimum Gasteiger partial charge on any atom is -0.312 e. The summed E-state index contributed by atoms with van der Waals surface area (Å²) in [6.45, 7) is 8.07. The summed E-state index contributed by atoms with van der Waals surface area (Å²) in [4.78, 5) is 2.61. The van der Waals surface area contributed by atoms with E-state index in [1.54, 1.807) is 5.56 Å². The molecule has 3 rings (SSSR count). The molecule has 104 valence electrons. The Morgan fingerprint density at radius 2 is 2.16 bits per heavy atom. The van der Waals surface area contributed by atoms with Gasteiger partial charge in [-0.25, -0.2) is 0 Å². The van der Waals surface area contributed by atoms with E-state index in [1.807, 2.05) is 0 Å². The van der Waals surface area contributed by atoms with Crippen molar-refractivity contribution < 1.29 is 0 Å². The van der Waals surface area contributed by atoms with E-state index in [0.717, 1.165) is 25.6 Å². The molecule has 0 radical (unpaired) electrons. The molecule has 1 heterocycles. The first-order valence-corrected chi connectivity index (χ1v) is 7.89. The van der Waals surface area contributed by atoms with Gasteiger partial charge in [0.25, 0.3) is 0 Å². The molecule has 1 aromatic rings. The van der Waals surface area contributed by atoms with Crippen molar-refractivity contribution in [3.63, 3.8) is 0 Å². The van der Waals surface area contributed by atoms with Crippen molar-refractivity contribution in [2.24, 2.45) is 5.92 Å². The summed E-state index contributed by atoms with van der Waals surface area (Å²) in [5.74, 6) is 0.972. The number of hydrogen-bond acceptors (Lipinski definition) is 2. The lowest BCUT2D eigenvalue weighted by atomic mass is 9.85. The Hall–Kier alpha value is -0.860. The van der Waals surface area contributed by atoms with Crippen LogP contribution in [0, 0.1) is 5.92 Å². The maximum absolute atomic E-state index is 3.47. The van der Waals surface area contributed by atoms with E-state index < -0.39 is 0 Å². The second kappa shape index (κ2) is 6.06. The molecular weight excluding hydrogens is 232 g/mol. The molecule has 0 bridgehead atoms. The van der Waals surface area contributed by atoms with Gasteiger partial charge in [0.2, 0.25) is 0 Å². The molecule has 0 spiro atoms. The lowest BCUT2D eigenvalue weighted by Gasteiger charge is -2.32. The molecule has 19 heavy (non-hydrogen) atoms. The first-order valence-electron chi connectivity index (χ1n) is 7.89. The van der Waals surface area contributed by atoms with E-state index in [1.165, 1.54) is 49.9 Å². The van der Waals surface area contributed by atoms with E-state index in [0.29, 0.717) is 0 Å². The van der Waals surface area contributed by atoms with Crippen LogP contribution < -0.4 is 5.32 Å². The van der Waals surface area contributed by atoms with Crippen molar-refractivity contribution in [1.82, 2.24) is 10.2 Å². The van der Waals surface area contributed by atoms with Gasteiger partial charge >= 0.3 is 0 Å². The zero-order chi connectivity index (χ0) is 13.1. The van der Waals surface area contributed by atoms with Crippen LogP contribution in [0.5, 0.6) is 0 Å². The van der Waals surface area contributed by atoms with Gasteiger partial charge < -0.3 is 5.32 Å². The van der Waals surface area contributed by atoms with Crippen molar-refractivity contribution in [1.29, 1.82) is 0 Å². The predicted octanol–water partition coefficient (Wildman–Crippen LogP) is 2.95. The third kappa shape index (κ3) is 3.18. The fraction of sp³-hybridized carbons (Fsp3) is 0.647. The number of benzene rings is 1. The largest absolute Gasteiger partial charge is 0.312 e. The van der Waals surface area contributed by atoms with E-state index >= 15 is 0 Å². The molecule has 1 aliphatic heterocycles. The Labute approximate surface area is 117 Å². The molecule has 1 aliphatic carbocycles. The molecule has 0 saturated heterocycles. The summed E-state index contributed by atoms with van der Waals surface area (Å²) in [6.07, 6.45) is 5.54. The highest BCUT2D eigenvalue weighted by atomic mass is 15.1. The third-order valence-corrected chi connectivity index (χ3v) is 4.75. The molecule has 1 fully saturated rings. The summed E-state index contributed by atoms with van der Waals surface area (Å²) >= 11 is 0. The smallest absolute Gasteiger partial charge is 0.0233 e. The summed E-state index contributed by atoms with van der Waals surface area (Å²) in [5, 5.41) is 3.47. The van der Waals surface area contributed by atoms with Crippen molar-refractivity contribution in [2.45, 2.75) is 45.7 Å². The van der Waals surface area contributed by atoms with Gasteiger partial charge in [0.1, 0.15) is 0 Å². The summed E-state index contributed by atoms with van der Waals surface area (Å²) < 4.78 is 0.